The van der Waals surface area contributed by atoms with E-state index >= 15 is 0 Å². The van der Waals surface area contributed by atoms with Crippen molar-refractivity contribution < 1.29 is 4.39 Å². The molecule has 0 saturated heterocycles. The van der Waals surface area contributed by atoms with E-state index in [-0.39, 0.29) is 11.5 Å². The molecule has 2 aromatic carbocycles. The van der Waals surface area contributed by atoms with Gasteiger partial charge in [-0.3, -0.25) is 0 Å². The smallest absolute Gasteiger partial charge is 0.147 e. The van der Waals surface area contributed by atoms with Crippen molar-refractivity contribution in [2.45, 2.75) is 17.2 Å². The Balaban J connectivity index is 1.65. The molecule has 0 aromatic heterocycles. The summed E-state index contributed by atoms with van der Waals surface area (Å²) in [7, 11) is 0. The van der Waals surface area contributed by atoms with Crippen LogP contribution in [0, 0.1) is 5.82 Å². The predicted octanol–water partition coefficient (Wildman–Crippen LogP) is 3.84. The highest BCUT2D eigenvalue weighted by Gasteiger charge is 2.25. The number of nitrogen functional groups attached to an aromatic ring is 1. The predicted molar refractivity (Wildman–Crippen MR) is 74.4 cm³/mol. The number of fused-ring (bicyclic) bond motifs is 1. The summed E-state index contributed by atoms with van der Waals surface area (Å²) in [5.74, 6) is 1.28. The standard InChI is InChI=1S/C15H14FNS/c16-14-8-12(5-6-15(14)17)18-9-11-7-10-3-1-2-4-13(10)11/h1-6,8,11H,7,9,17H2. The number of thioether (sulfide) groups is 1. The Morgan fingerprint density at radius 1 is 1.22 bits per heavy atom. The summed E-state index contributed by atoms with van der Waals surface area (Å²) in [6, 6.07) is 13.6. The number of hydrogen-bond acceptors (Lipinski definition) is 2. The second kappa shape index (κ2) is 4.65. The fourth-order valence-corrected chi connectivity index (χ4v) is 3.35. The quantitative estimate of drug-likeness (QED) is 0.669. The van der Waals surface area contributed by atoms with Crippen LogP contribution in [-0.2, 0) is 6.42 Å². The van der Waals surface area contributed by atoms with E-state index in [0.29, 0.717) is 5.92 Å². The van der Waals surface area contributed by atoms with Crippen LogP contribution in [0.3, 0.4) is 0 Å². The number of nitrogens with two attached hydrogens (primary N) is 1. The molecule has 1 aliphatic rings. The van der Waals surface area contributed by atoms with Crippen LogP contribution >= 0.6 is 11.8 Å². The van der Waals surface area contributed by atoms with E-state index in [1.165, 1.54) is 17.2 Å². The molecule has 0 radical (unpaired) electrons. The van der Waals surface area contributed by atoms with Crippen molar-refractivity contribution in [3.8, 4) is 0 Å². The lowest BCUT2D eigenvalue weighted by molar-refractivity contribution is 0.629. The molecule has 0 amide bonds. The topological polar surface area (TPSA) is 26.0 Å². The first kappa shape index (κ1) is 11.6. The molecule has 1 aliphatic carbocycles. The van der Waals surface area contributed by atoms with Gasteiger partial charge in [-0.1, -0.05) is 24.3 Å². The van der Waals surface area contributed by atoms with E-state index in [1.54, 1.807) is 17.8 Å². The molecule has 1 unspecified atom stereocenters. The van der Waals surface area contributed by atoms with Crippen LogP contribution in [0.4, 0.5) is 10.1 Å². The van der Waals surface area contributed by atoms with Crippen LogP contribution in [0.15, 0.2) is 47.4 Å². The molecule has 1 nitrogen and oxygen atoms in total. The Morgan fingerprint density at radius 3 is 2.83 bits per heavy atom. The SMILES string of the molecule is Nc1ccc(SCC2Cc3ccccc32)cc1F. The molecule has 0 heterocycles. The molecule has 2 aromatic rings. The zero-order valence-corrected chi connectivity index (χ0v) is 10.7. The van der Waals surface area contributed by atoms with E-state index in [0.717, 1.165) is 17.1 Å². The summed E-state index contributed by atoms with van der Waals surface area (Å²) in [6.45, 7) is 0. The minimum atomic E-state index is -0.325. The van der Waals surface area contributed by atoms with Crippen LogP contribution in [0.2, 0.25) is 0 Å². The largest absolute Gasteiger partial charge is 0.396 e. The Kier molecular flexibility index (Phi) is 3.00. The van der Waals surface area contributed by atoms with Crippen molar-refractivity contribution in [3.05, 3.63) is 59.4 Å². The Bertz CT molecular complexity index is 582. The van der Waals surface area contributed by atoms with Crippen molar-refractivity contribution in [1.82, 2.24) is 0 Å². The van der Waals surface area contributed by atoms with Crippen LogP contribution in [-0.4, -0.2) is 5.75 Å². The first-order valence-corrected chi connectivity index (χ1v) is 6.98. The van der Waals surface area contributed by atoms with Gasteiger partial charge in [-0.2, -0.15) is 0 Å². The number of anilines is 1. The van der Waals surface area contributed by atoms with Gasteiger partial charge in [-0.25, -0.2) is 4.39 Å². The van der Waals surface area contributed by atoms with Gasteiger partial charge in [0.15, 0.2) is 0 Å². The lowest BCUT2D eigenvalue weighted by Crippen LogP contribution is -2.18. The third kappa shape index (κ3) is 2.10. The molecular weight excluding hydrogens is 245 g/mol. The van der Waals surface area contributed by atoms with Crippen LogP contribution in [0.25, 0.3) is 0 Å². The molecule has 3 heteroatoms. The van der Waals surface area contributed by atoms with E-state index < -0.39 is 0 Å². The van der Waals surface area contributed by atoms with Crippen molar-refractivity contribution in [1.29, 1.82) is 0 Å². The van der Waals surface area contributed by atoms with Gasteiger partial charge < -0.3 is 5.73 Å². The zero-order chi connectivity index (χ0) is 12.5. The number of rotatable bonds is 3. The first-order valence-electron chi connectivity index (χ1n) is 5.99. The van der Waals surface area contributed by atoms with Crippen molar-refractivity contribution in [2.24, 2.45) is 0 Å². The highest BCUT2D eigenvalue weighted by Crippen LogP contribution is 2.38. The van der Waals surface area contributed by atoms with E-state index in [4.69, 9.17) is 5.73 Å². The monoisotopic (exact) mass is 259 g/mol. The van der Waals surface area contributed by atoms with Crippen molar-refractivity contribution in [3.63, 3.8) is 0 Å². The van der Waals surface area contributed by atoms with Crippen molar-refractivity contribution >= 4 is 17.4 Å². The third-order valence-corrected chi connectivity index (χ3v) is 4.54. The molecule has 1 atom stereocenters. The van der Waals surface area contributed by atoms with Crippen LogP contribution in [0.1, 0.15) is 17.0 Å². The third-order valence-electron chi connectivity index (χ3n) is 3.38. The van der Waals surface area contributed by atoms with Gasteiger partial charge >= 0.3 is 0 Å². The van der Waals surface area contributed by atoms with Gasteiger partial charge in [-0.05, 0) is 41.7 Å². The summed E-state index contributed by atoms with van der Waals surface area (Å²) in [6.07, 6.45) is 1.14. The summed E-state index contributed by atoms with van der Waals surface area (Å²) < 4.78 is 13.3. The summed E-state index contributed by atoms with van der Waals surface area (Å²) in [5.41, 5.74) is 8.57. The minimum Gasteiger partial charge on any atom is -0.396 e. The highest BCUT2D eigenvalue weighted by atomic mass is 32.2. The van der Waals surface area contributed by atoms with Crippen LogP contribution < -0.4 is 5.73 Å². The molecule has 18 heavy (non-hydrogen) atoms. The molecule has 0 aliphatic heterocycles. The van der Waals surface area contributed by atoms with E-state index in [9.17, 15) is 4.39 Å². The average molecular weight is 259 g/mol. The Morgan fingerprint density at radius 2 is 2.06 bits per heavy atom. The van der Waals surface area contributed by atoms with Crippen molar-refractivity contribution in [2.75, 3.05) is 11.5 Å². The van der Waals surface area contributed by atoms with Gasteiger partial charge in [0, 0.05) is 10.6 Å². The maximum absolute atomic E-state index is 13.3. The van der Waals surface area contributed by atoms with E-state index in [2.05, 4.69) is 24.3 Å². The second-order valence-electron chi connectivity index (χ2n) is 4.59. The maximum Gasteiger partial charge on any atom is 0.147 e. The van der Waals surface area contributed by atoms with Gasteiger partial charge in [0.05, 0.1) is 5.69 Å². The Labute approximate surface area is 110 Å². The lowest BCUT2D eigenvalue weighted by Gasteiger charge is -2.29. The minimum absolute atomic E-state index is 0.216. The number of benzene rings is 2. The summed E-state index contributed by atoms with van der Waals surface area (Å²) in [4.78, 5) is 0.950. The molecular formula is C15H14FNS. The van der Waals surface area contributed by atoms with Gasteiger partial charge in [0.1, 0.15) is 5.82 Å². The molecule has 92 valence electrons. The summed E-state index contributed by atoms with van der Waals surface area (Å²) >= 11 is 1.70. The van der Waals surface area contributed by atoms with Gasteiger partial charge in [0.2, 0.25) is 0 Å². The lowest BCUT2D eigenvalue weighted by atomic mass is 9.79. The molecule has 2 N–H and O–H groups in total. The molecule has 0 fully saturated rings. The second-order valence-corrected chi connectivity index (χ2v) is 5.69. The number of halogens is 1. The Hall–Kier alpha value is -1.48. The first-order chi connectivity index (χ1) is 8.74. The fourth-order valence-electron chi connectivity index (χ4n) is 2.31. The fraction of sp³-hybridized carbons (Fsp3) is 0.200. The molecule has 3 rings (SSSR count). The maximum atomic E-state index is 13.3. The van der Waals surface area contributed by atoms with Gasteiger partial charge in [0.25, 0.3) is 0 Å². The van der Waals surface area contributed by atoms with E-state index in [1.807, 2.05) is 6.07 Å². The normalized spacial score (nSPS) is 17.1. The summed E-state index contributed by atoms with van der Waals surface area (Å²) in [5, 5.41) is 0. The van der Waals surface area contributed by atoms with Crippen LogP contribution in [0.5, 0.6) is 0 Å². The molecule has 0 spiro atoms. The molecule has 0 bridgehead atoms. The van der Waals surface area contributed by atoms with Gasteiger partial charge in [-0.15, -0.1) is 11.8 Å². The average Bonchev–Trinajstić information content (AvgIpc) is 2.35. The zero-order valence-electron chi connectivity index (χ0n) is 9.90. The molecule has 0 saturated carbocycles. The highest BCUT2D eigenvalue weighted by molar-refractivity contribution is 7.99. The number of hydrogen-bond donors (Lipinski definition) is 1.